The summed E-state index contributed by atoms with van der Waals surface area (Å²) in [6.45, 7) is 3.17. The van der Waals surface area contributed by atoms with Gasteiger partial charge in [0.2, 0.25) is 0 Å². The summed E-state index contributed by atoms with van der Waals surface area (Å²) in [5.74, 6) is -0.0382. The molecule has 3 rings (SSSR count). The molecular formula is C20H22ClN5O2. The first-order chi connectivity index (χ1) is 13.5. The number of nitrogens with two attached hydrogens (primary N) is 1. The number of H-pyrrole nitrogens is 1. The predicted octanol–water partition coefficient (Wildman–Crippen LogP) is 2.12. The lowest BCUT2D eigenvalue weighted by Crippen LogP contribution is -2.39. The van der Waals surface area contributed by atoms with E-state index in [-0.39, 0.29) is 16.4 Å². The Balaban J connectivity index is 1.48. The van der Waals surface area contributed by atoms with E-state index in [0.717, 1.165) is 38.0 Å². The largest absolute Gasteiger partial charge is 0.384 e. The zero-order chi connectivity index (χ0) is 20.1. The molecule has 0 atom stereocenters. The van der Waals surface area contributed by atoms with Gasteiger partial charge in [0, 0.05) is 13.1 Å². The van der Waals surface area contributed by atoms with Crippen molar-refractivity contribution >= 4 is 23.3 Å². The molecule has 0 radical (unpaired) electrons. The standard InChI is InChI=1S/C20H22ClN5O2/c21-17-9-16(20(28)25-18(17)23)19(27)24-11-13-4-6-26(7-5-13)12-15-3-1-2-14(8-15)10-22/h1-3,8-9,13H,4-7,11-12H2,(H,24,27)(H3,23,25,28). The first-order valence-electron chi connectivity index (χ1n) is 9.14. The normalized spacial score (nSPS) is 15.1. The quantitative estimate of drug-likeness (QED) is 0.712. The summed E-state index contributed by atoms with van der Waals surface area (Å²) in [5, 5.41) is 12.0. The molecule has 1 aromatic carbocycles. The van der Waals surface area contributed by atoms with Gasteiger partial charge < -0.3 is 16.0 Å². The number of hydrogen-bond acceptors (Lipinski definition) is 5. The van der Waals surface area contributed by atoms with Crippen molar-refractivity contribution in [1.82, 2.24) is 15.2 Å². The third kappa shape index (κ3) is 4.91. The molecular weight excluding hydrogens is 378 g/mol. The fourth-order valence-electron chi connectivity index (χ4n) is 3.37. The number of piperidine rings is 1. The average molecular weight is 400 g/mol. The molecule has 1 aliphatic heterocycles. The Morgan fingerprint density at radius 2 is 2.11 bits per heavy atom. The van der Waals surface area contributed by atoms with Gasteiger partial charge in [-0.15, -0.1) is 0 Å². The molecule has 7 nitrogen and oxygen atoms in total. The number of pyridine rings is 1. The van der Waals surface area contributed by atoms with Crippen molar-refractivity contribution in [2.24, 2.45) is 5.92 Å². The van der Waals surface area contributed by atoms with Crippen molar-refractivity contribution < 1.29 is 4.79 Å². The minimum atomic E-state index is -0.547. The number of aromatic nitrogens is 1. The second-order valence-electron chi connectivity index (χ2n) is 7.02. The lowest BCUT2D eigenvalue weighted by molar-refractivity contribution is 0.0933. The van der Waals surface area contributed by atoms with Gasteiger partial charge in [-0.1, -0.05) is 23.7 Å². The summed E-state index contributed by atoms with van der Waals surface area (Å²) in [4.78, 5) is 28.8. The molecule has 0 unspecified atom stereocenters. The maximum atomic E-state index is 12.3. The Bertz CT molecular complexity index is 958. The lowest BCUT2D eigenvalue weighted by Gasteiger charge is -2.32. The van der Waals surface area contributed by atoms with Gasteiger partial charge in [-0.2, -0.15) is 5.26 Å². The van der Waals surface area contributed by atoms with Crippen LogP contribution < -0.4 is 16.6 Å². The van der Waals surface area contributed by atoms with Crippen molar-refractivity contribution in [3.63, 3.8) is 0 Å². The van der Waals surface area contributed by atoms with Gasteiger partial charge in [0.05, 0.1) is 16.7 Å². The number of nitrogens with one attached hydrogen (secondary N) is 2. The number of carbonyl (C=O) groups excluding carboxylic acids is 1. The fraction of sp³-hybridized carbons (Fsp3) is 0.350. The van der Waals surface area contributed by atoms with Crippen molar-refractivity contribution in [3.05, 3.63) is 62.4 Å². The lowest BCUT2D eigenvalue weighted by atomic mass is 9.96. The molecule has 2 heterocycles. The van der Waals surface area contributed by atoms with Gasteiger partial charge in [-0.25, -0.2) is 0 Å². The maximum Gasteiger partial charge on any atom is 0.262 e. The SMILES string of the molecule is N#Cc1cccc(CN2CCC(CNC(=O)c3cc(Cl)c(N)[nH]c3=O)CC2)c1. The van der Waals surface area contributed by atoms with E-state index >= 15 is 0 Å². The van der Waals surface area contributed by atoms with E-state index in [2.05, 4.69) is 21.3 Å². The van der Waals surface area contributed by atoms with Crippen LogP contribution in [-0.4, -0.2) is 35.4 Å². The summed E-state index contributed by atoms with van der Waals surface area (Å²) in [6.07, 6.45) is 1.91. The highest BCUT2D eigenvalue weighted by Crippen LogP contribution is 2.19. The molecule has 1 fully saturated rings. The number of nitriles is 1. The van der Waals surface area contributed by atoms with Crippen molar-refractivity contribution in [3.8, 4) is 6.07 Å². The molecule has 1 saturated heterocycles. The number of amides is 1. The van der Waals surface area contributed by atoms with Gasteiger partial charge in [0.15, 0.2) is 0 Å². The van der Waals surface area contributed by atoms with Gasteiger partial charge in [-0.05, 0) is 55.6 Å². The second-order valence-corrected chi connectivity index (χ2v) is 7.42. The van der Waals surface area contributed by atoms with Gasteiger partial charge in [-0.3, -0.25) is 14.5 Å². The van der Waals surface area contributed by atoms with E-state index in [4.69, 9.17) is 22.6 Å². The first kappa shape index (κ1) is 19.9. The fourth-order valence-corrected chi connectivity index (χ4v) is 3.52. The highest BCUT2D eigenvalue weighted by atomic mass is 35.5. The number of aromatic amines is 1. The number of rotatable bonds is 5. The molecule has 0 aliphatic carbocycles. The number of hydrogen-bond donors (Lipinski definition) is 3. The smallest absolute Gasteiger partial charge is 0.262 e. The highest BCUT2D eigenvalue weighted by molar-refractivity contribution is 6.33. The van der Waals surface area contributed by atoms with E-state index in [9.17, 15) is 9.59 Å². The zero-order valence-electron chi connectivity index (χ0n) is 15.4. The van der Waals surface area contributed by atoms with Crippen LogP contribution in [-0.2, 0) is 6.54 Å². The molecule has 1 amide bonds. The van der Waals surface area contributed by atoms with Crippen LogP contribution in [0.4, 0.5) is 5.82 Å². The van der Waals surface area contributed by atoms with Gasteiger partial charge >= 0.3 is 0 Å². The van der Waals surface area contributed by atoms with Crippen LogP contribution in [0.25, 0.3) is 0 Å². The minimum Gasteiger partial charge on any atom is -0.384 e. The molecule has 0 saturated carbocycles. The van der Waals surface area contributed by atoms with Crippen LogP contribution in [0.5, 0.6) is 0 Å². The van der Waals surface area contributed by atoms with Crippen molar-refractivity contribution in [1.29, 1.82) is 5.26 Å². The number of halogens is 1. The molecule has 0 bridgehead atoms. The van der Waals surface area contributed by atoms with Crippen LogP contribution in [0.3, 0.4) is 0 Å². The van der Waals surface area contributed by atoms with Crippen LogP contribution in [0.2, 0.25) is 5.02 Å². The molecule has 1 aromatic heterocycles. The predicted molar refractivity (Wildman–Crippen MR) is 108 cm³/mol. The van der Waals surface area contributed by atoms with Gasteiger partial charge in [0.25, 0.3) is 11.5 Å². The Hall–Kier alpha value is -2.82. The molecule has 2 aromatic rings. The molecule has 146 valence electrons. The average Bonchev–Trinajstić information content (AvgIpc) is 2.70. The van der Waals surface area contributed by atoms with Crippen molar-refractivity contribution in [2.75, 3.05) is 25.4 Å². The molecule has 0 spiro atoms. The van der Waals surface area contributed by atoms with Crippen LogP contribution in [0.15, 0.2) is 35.1 Å². The third-order valence-electron chi connectivity index (χ3n) is 4.99. The van der Waals surface area contributed by atoms with Crippen molar-refractivity contribution in [2.45, 2.75) is 19.4 Å². The zero-order valence-corrected chi connectivity index (χ0v) is 16.1. The van der Waals surface area contributed by atoms with E-state index in [1.807, 2.05) is 18.2 Å². The Kier molecular flexibility index (Phi) is 6.34. The number of carbonyl (C=O) groups is 1. The summed E-state index contributed by atoms with van der Waals surface area (Å²) in [6, 6.07) is 11.1. The van der Waals surface area contributed by atoms with E-state index < -0.39 is 11.5 Å². The summed E-state index contributed by atoms with van der Waals surface area (Å²) >= 11 is 5.88. The Labute approximate surface area is 168 Å². The summed E-state index contributed by atoms with van der Waals surface area (Å²) < 4.78 is 0. The van der Waals surface area contributed by atoms with Gasteiger partial charge in [0.1, 0.15) is 11.4 Å². The maximum absolute atomic E-state index is 12.3. The first-order valence-corrected chi connectivity index (χ1v) is 9.52. The monoisotopic (exact) mass is 399 g/mol. The number of likely N-dealkylation sites (tertiary alicyclic amines) is 1. The minimum absolute atomic E-state index is 0.0333. The van der Waals surface area contributed by atoms with Crippen LogP contribution in [0, 0.1) is 17.2 Å². The van der Waals surface area contributed by atoms with E-state index in [1.165, 1.54) is 6.07 Å². The summed E-state index contributed by atoms with van der Waals surface area (Å²) in [7, 11) is 0. The molecule has 8 heteroatoms. The number of anilines is 1. The Morgan fingerprint density at radius 3 is 2.82 bits per heavy atom. The number of nitrogen functional groups attached to an aromatic ring is 1. The summed E-state index contributed by atoms with van der Waals surface area (Å²) in [5.41, 5.74) is 6.75. The van der Waals surface area contributed by atoms with E-state index in [1.54, 1.807) is 6.07 Å². The Morgan fingerprint density at radius 1 is 1.36 bits per heavy atom. The molecule has 1 aliphatic rings. The third-order valence-corrected chi connectivity index (χ3v) is 5.30. The number of benzene rings is 1. The van der Waals surface area contributed by atoms with Crippen LogP contribution in [0.1, 0.15) is 34.3 Å². The second kappa shape index (κ2) is 8.91. The molecule has 28 heavy (non-hydrogen) atoms. The highest BCUT2D eigenvalue weighted by Gasteiger charge is 2.21. The number of nitrogens with zero attached hydrogens (tertiary/aromatic N) is 2. The topological polar surface area (TPSA) is 115 Å². The van der Waals surface area contributed by atoms with E-state index in [0.29, 0.717) is 18.0 Å². The molecule has 4 N–H and O–H groups in total. The van der Waals surface area contributed by atoms with Crippen LogP contribution >= 0.6 is 11.6 Å².